The number of thiophene rings is 1. The van der Waals surface area contributed by atoms with Crippen molar-refractivity contribution in [3.05, 3.63) is 64.7 Å². The van der Waals surface area contributed by atoms with Crippen LogP contribution < -0.4 is 0 Å². The first-order valence-electron chi connectivity index (χ1n) is 8.88. The van der Waals surface area contributed by atoms with Gasteiger partial charge >= 0.3 is 5.97 Å². The number of piperidine rings is 1. The first-order chi connectivity index (χ1) is 13.2. The summed E-state index contributed by atoms with van der Waals surface area (Å²) < 4.78 is 5.75. The molecular formula is C20H17N3O3S. The molecule has 2 aliphatic heterocycles. The second-order valence-electron chi connectivity index (χ2n) is 6.87. The molecule has 6 nitrogen and oxygen atoms in total. The number of rotatable bonds is 2. The fourth-order valence-corrected chi connectivity index (χ4v) is 4.63. The molecule has 5 rings (SSSR count). The third-order valence-electron chi connectivity index (χ3n) is 5.37. The van der Waals surface area contributed by atoms with Gasteiger partial charge in [0.25, 0.3) is 5.91 Å². The van der Waals surface area contributed by atoms with Gasteiger partial charge in [-0.25, -0.2) is 4.79 Å². The van der Waals surface area contributed by atoms with Crippen molar-refractivity contribution in [3.63, 3.8) is 0 Å². The minimum absolute atomic E-state index is 0.0958. The molecule has 1 amide bonds. The number of carbonyl (C=O) groups excluding carboxylic acids is 2. The fourth-order valence-electron chi connectivity index (χ4n) is 3.94. The lowest BCUT2D eigenvalue weighted by Crippen LogP contribution is -2.45. The van der Waals surface area contributed by atoms with Crippen LogP contribution in [0.1, 0.15) is 39.3 Å². The van der Waals surface area contributed by atoms with Gasteiger partial charge in [0.1, 0.15) is 5.60 Å². The Balaban J connectivity index is 1.33. The Kier molecular flexibility index (Phi) is 3.65. The van der Waals surface area contributed by atoms with Crippen LogP contribution in [0.3, 0.4) is 0 Å². The highest BCUT2D eigenvalue weighted by atomic mass is 32.1. The third kappa shape index (κ3) is 2.57. The van der Waals surface area contributed by atoms with Gasteiger partial charge in [0.05, 0.1) is 16.1 Å². The van der Waals surface area contributed by atoms with Crippen LogP contribution in [0.15, 0.2) is 47.8 Å². The highest BCUT2D eigenvalue weighted by Gasteiger charge is 2.47. The van der Waals surface area contributed by atoms with Crippen molar-refractivity contribution in [2.75, 3.05) is 13.1 Å². The summed E-state index contributed by atoms with van der Waals surface area (Å²) in [7, 11) is 0. The highest BCUT2D eigenvalue weighted by Crippen LogP contribution is 2.44. The van der Waals surface area contributed by atoms with Crippen molar-refractivity contribution in [2.45, 2.75) is 18.4 Å². The van der Waals surface area contributed by atoms with Crippen molar-refractivity contribution in [1.29, 1.82) is 0 Å². The van der Waals surface area contributed by atoms with Gasteiger partial charge < -0.3 is 9.64 Å². The van der Waals surface area contributed by atoms with Crippen LogP contribution in [0.4, 0.5) is 0 Å². The van der Waals surface area contributed by atoms with Gasteiger partial charge in [0, 0.05) is 31.5 Å². The largest absolute Gasteiger partial charge is 0.450 e. The molecule has 0 bridgehead atoms. The number of aromatic amines is 1. The number of nitrogens with one attached hydrogen (secondary N) is 1. The van der Waals surface area contributed by atoms with E-state index < -0.39 is 5.60 Å². The van der Waals surface area contributed by atoms with Gasteiger partial charge in [-0.15, -0.1) is 11.3 Å². The van der Waals surface area contributed by atoms with Crippen LogP contribution >= 0.6 is 11.3 Å². The van der Waals surface area contributed by atoms with Crippen LogP contribution in [0.25, 0.3) is 10.6 Å². The maximum atomic E-state index is 12.8. The molecule has 1 saturated heterocycles. The second kappa shape index (κ2) is 6.06. The Hall–Kier alpha value is -2.93. The van der Waals surface area contributed by atoms with E-state index >= 15 is 0 Å². The van der Waals surface area contributed by atoms with Crippen molar-refractivity contribution in [1.82, 2.24) is 15.1 Å². The number of benzene rings is 1. The zero-order valence-electron chi connectivity index (χ0n) is 14.5. The number of hydrogen-bond acceptors (Lipinski definition) is 5. The molecule has 3 aromatic rings. The van der Waals surface area contributed by atoms with E-state index in [-0.39, 0.29) is 11.9 Å². The molecule has 0 atom stereocenters. The van der Waals surface area contributed by atoms with Gasteiger partial charge in [-0.1, -0.05) is 24.3 Å². The van der Waals surface area contributed by atoms with Crippen molar-refractivity contribution in [2.24, 2.45) is 0 Å². The predicted octanol–water partition coefficient (Wildman–Crippen LogP) is 3.44. The first-order valence-corrected chi connectivity index (χ1v) is 9.76. The summed E-state index contributed by atoms with van der Waals surface area (Å²) in [5.41, 5.74) is 2.25. The number of carbonyl (C=O) groups is 2. The number of ether oxygens (including phenoxy) is 1. The molecule has 27 heavy (non-hydrogen) atoms. The second-order valence-corrected chi connectivity index (χ2v) is 7.81. The number of H-pyrrole nitrogens is 1. The number of fused-ring (bicyclic) bond motifs is 2. The lowest BCUT2D eigenvalue weighted by Gasteiger charge is -2.38. The minimum Gasteiger partial charge on any atom is -0.450 e. The van der Waals surface area contributed by atoms with E-state index in [1.54, 1.807) is 28.4 Å². The number of aromatic nitrogens is 2. The maximum Gasteiger partial charge on any atom is 0.339 e. The van der Waals surface area contributed by atoms with E-state index in [2.05, 4.69) is 10.2 Å². The third-order valence-corrected chi connectivity index (χ3v) is 6.27. The number of amides is 1. The average Bonchev–Trinajstić information content (AvgIpc) is 3.43. The van der Waals surface area contributed by atoms with E-state index in [9.17, 15) is 9.59 Å². The molecule has 1 aromatic carbocycles. The summed E-state index contributed by atoms with van der Waals surface area (Å²) in [5.74, 6) is -0.361. The van der Waals surface area contributed by atoms with Gasteiger partial charge in [-0.2, -0.15) is 5.10 Å². The summed E-state index contributed by atoms with van der Waals surface area (Å²) >= 11 is 1.60. The Labute approximate surface area is 159 Å². The van der Waals surface area contributed by atoms with Gasteiger partial charge in [0.15, 0.2) is 5.69 Å². The van der Waals surface area contributed by atoms with Crippen LogP contribution in [0, 0.1) is 0 Å². The Morgan fingerprint density at radius 3 is 2.78 bits per heavy atom. The van der Waals surface area contributed by atoms with E-state index in [4.69, 9.17) is 4.74 Å². The van der Waals surface area contributed by atoms with Crippen molar-refractivity contribution < 1.29 is 14.3 Å². The predicted molar refractivity (Wildman–Crippen MR) is 101 cm³/mol. The fraction of sp³-hybridized carbons (Fsp3) is 0.250. The molecular weight excluding hydrogens is 362 g/mol. The SMILES string of the molecule is O=C1OC2(CCN(C(=O)c3cc(-c4cccs4)[nH]n3)CC2)c2ccccc21. The summed E-state index contributed by atoms with van der Waals surface area (Å²) in [6, 6.07) is 13.3. The normalized spacial score (nSPS) is 17.8. The van der Waals surface area contributed by atoms with E-state index in [0.717, 1.165) is 16.1 Å². The molecule has 0 aliphatic carbocycles. The quantitative estimate of drug-likeness (QED) is 0.692. The monoisotopic (exact) mass is 379 g/mol. The van der Waals surface area contributed by atoms with Crippen molar-refractivity contribution >= 4 is 23.2 Å². The summed E-state index contributed by atoms with van der Waals surface area (Å²) in [5, 5.41) is 9.12. The number of hydrogen-bond donors (Lipinski definition) is 1. The molecule has 2 aliphatic rings. The van der Waals surface area contributed by atoms with Crippen LogP contribution in [-0.4, -0.2) is 40.1 Å². The van der Waals surface area contributed by atoms with Crippen LogP contribution in [0.2, 0.25) is 0 Å². The lowest BCUT2D eigenvalue weighted by atomic mass is 9.83. The molecule has 0 saturated carbocycles. The standard InChI is InChI=1S/C20H17N3O3S/c24-18(16-12-15(21-22-16)17-6-3-11-27-17)23-9-7-20(8-10-23)14-5-2-1-4-13(14)19(25)26-20/h1-6,11-12H,7-10H2,(H,21,22). The number of nitrogens with zero attached hydrogens (tertiary/aromatic N) is 2. The zero-order valence-corrected chi connectivity index (χ0v) is 15.3. The van der Waals surface area contributed by atoms with Crippen LogP contribution in [-0.2, 0) is 10.3 Å². The smallest absolute Gasteiger partial charge is 0.339 e. The average molecular weight is 379 g/mol. The molecule has 1 spiro atoms. The molecule has 2 aromatic heterocycles. The topological polar surface area (TPSA) is 75.3 Å². The minimum atomic E-state index is -0.599. The Morgan fingerprint density at radius 2 is 2.00 bits per heavy atom. The highest BCUT2D eigenvalue weighted by molar-refractivity contribution is 7.13. The van der Waals surface area contributed by atoms with Gasteiger partial charge in [-0.05, 0) is 23.6 Å². The maximum absolute atomic E-state index is 12.8. The van der Waals surface area contributed by atoms with E-state index in [1.165, 1.54) is 0 Å². The molecule has 4 heterocycles. The summed E-state index contributed by atoms with van der Waals surface area (Å²) in [6.45, 7) is 1.06. The Bertz CT molecular complexity index is 1020. The molecule has 1 N–H and O–H groups in total. The van der Waals surface area contributed by atoms with Crippen LogP contribution in [0.5, 0.6) is 0 Å². The van der Waals surface area contributed by atoms with E-state index in [0.29, 0.717) is 37.2 Å². The van der Waals surface area contributed by atoms with Gasteiger partial charge in [0.2, 0.25) is 0 Å². The molecule has 7 heteroatoms. The van der Waals surface area contributed by atoms with Gasteiger partial charge in [-0.3, -0.25) is 9.89 Å². The summed E-state index contributed by atoms with van der Waals surface area (Å²) in [4.78, 5) is 27.8. The number of likely N-dealkylation sites (tertiary alicyclic amines) is 1. The molecule has 0 unspecified atom stereocenters. The molecule has 1 fully saturated rings. The molecule has 0 radical (unpaired) electrons. The summed E-state index contributed by atoms with van der Waals surface area (Å²) in [6.07, 6.45) is 1.20. The first kappa shape index (κ1) is 16.3. The van der Waals surface area contributed by atoms with E-state index in [1.807, 2.05) is 35.7 Å². The lowest BCUT2D eigenvalue weighted by molar-refractivity contribution is -0.0390. The van der Waals surface area contributed by atoms with Crippen molar-refractivity contribution in [3.8, 4) is 10.6 Å². The Morgan fingerprint density at radius 1 is 1.19 bits per heavy atom. The molecule has 136 valence electrons. The zero-order chi connectivity index (χ0) is 18.4. The number of esters is 1.